The Kier molecular flexibility index (Phi) is 3.29. The van der Waals surface area contributed by atoms with E-state index in [1.54, 1.807) is 11.8 Å². The molecular formula is C13H14OS. The van der Waals surface area contributed by atoms with E-state index in [1.165, 1.54) is 10.8 Å². The van der Waals surface area contributed by atoms with Gasteiger partial charge in [0.05, 0.1) is 6.10 Å². The molecule has 0 aliphatic heterocycles. The molecule has 2 aromatic carbocycles. The van der Waals surface area contributed by atoms with Crippen molar-refractivity contribution >= 4 is 22.5 Å². The fourth-order valence-electron chi connectivity index (χ4n) is 1.67. The molecule has 0 aliphatic carbocycles. The molecule has 15 heavy (non-hydrogen) atoms. The van der Waals surface area contributed by atoms with Gasteiger partial charge in [0.2, 0.25) is 0 Å². The lowest BCUT2D eigenvalue weighted by molar-refractivity contribution is 0.204. The number of aliphatic hydroxyl groups excluding tert-OH is 1. The summed E-state index contributed by atoms with van der Waals surface area (Å²) in [7, 11) is 0. The van der Waals surface area contributed by atoms with Crippen LogP contribution >= 0.6 is 11.8 Å². The summed E-state index contributed by atoms with van der Waals surface area (Å²) in [5, 5.41) is 12.3. The second-order valence-corrected chi connectivity index (χ2v) is 4.49. The Hall–Kier alpha value is -0.990. The van der Waals surface area contributed by atoms with E-state index in [0.717, 1.165) is 11.3 Å². The summed E-state index contributed by atoms with van der Waals surface area (Å²) < 4.78 is 0. The Balaban J connectivity index is 2.38. The van der Waals surface area contributed by atoms with Gasteiger partial charge in [-0.15, -0.1) is 0 Å². The zero-order valence-corrected chi connectivity index (χ0v) is 9.50. The van der Waals surface area contributed by atoms with Gasteiger partial charge in [-0.05, 0) is 28.7 Å². The SMILES string of the molecule is CSCC(O)c1ccc2ccccc2c1. The summed E-state index contributed by atoms with van der Waals surface area (Å²) in [4.78, 5) is 0. The molecule has 2 aromatic rings. The number of aliphatic hydroxyl groups is 1. The number of thioether (sulfide) groups is 1. The first-order valence-electron chi connectivity index (χ1n) is 4.97. The highest BCUT2D eigenvalue weighted by Crippen LogP contribution is 2.22. The van der Waals surface area contributed by atoms with Crippen molar-refractivity contribution in [1.82, 2.24) is 0 Å². The number of fused-ring (bicyclic) bond motifs is 1. The zero-order valence-electron chi connectivity index (χ0n) is 8.68. The molecule has 0 spiro atoms. The van der Waals surface area contributed by atoms with E-state index in [1.807, 2.05) is 24.5 Å². The third-order valence-corrected chi connectivity index (χ3v) is 3.13. The summed E-state index contributed by atoms with van der Waals surface area (Å²) in [6, 6.07) is 14.3. The van der Waals surface area contributed by atoms with Gasteiger partial charge < -0.3 is 5.11 Å². The first kappa shape index (κ1) is 10.5. The minimum atomic E-state index is -0.357. The summed E-state index contributed by atoms with van der Waals surface area (Å²) in [5.41, 5.74) is 1.00. The maximum atomic E-state index is 9.86. The summed E-state index contributed by atoms with van der Waals surface area (Å²) in [5.74, 6) is 0.748. The second-order valence-electron chi connectivity index (χ2n) is 3.58. The summed E-state index contributed by atoms with van der Waals surface area (Å²) >= 11 is 1.66. The summed E-state index contributed by atoms with van der Waals surface area (Å²) in [6.45, 7) is 0. The third-order valence-electron chi connectivity index (χ3n) is 2.48. The Bertz CT molecular complexity index is 453. The highest BCUT2D eigenvalue weighted by atomic mass is 32.2. The van der Waals surface area contributed by atoms with Crippen molar-refractivity contribution in [2.24, 2.45) is 0 Å². The Labute approximate surface area is 94.1 Å². The molecule has 0 saturated carbocycles. The molecule has 0 fully saturated rings. The molecule has 0 aromatic heterocycles. The van der Waals surface area contributed by atoms with Gasteiger partial charge >= 0.3 is 0 Å². The predicted octanol–water partition coefficient (Wildman–Crippen LogP) is 3.24. The van der Waals surface area contributed by atoms with Crippen LogP contribution in [0.1, 0.15) is 11.7 Å². The smallest absolute Gasteiger partial charge is 0.0880 e. The number of rotatable bonds is 3. The molecule has 2 rings (SSSR count). The van der Waals surface area contributed by atoms with Gasteiger partial charge in [-0.2, -0.15) is 11.8 Å². The predicted molar refractivity (Wildman–Crippen MR) is 67.3 cm³/mol. The largest absolute Gasteiger partial charge is 0.388 e. The van der Waals surface area contributed by atoms with Crippen molar-refractivity contribution in [3.8, 4) is 0 Å². The van der Waals surface area contributed by atoms with Crippen LogP contribution in [0, 0.1) is 0 Å². The van der Waals surface area contributed by atoms with Crippen LogP contribution in [-0.4, -0.2) is 17.1 Å². The third kappa shape index (κ3) is 2.33. The van der Waals surface area contributed by atoms with E-state index in [2.05, 4.69) is 24.3 Å². The van der Waals surface area contributed by atoms with Gasteiger partial charge in [0.25, 0.3) is 0 Å². The van der Waals surface area contributed by atoms with Gasteiger partial charge in [-0.25, -0.2) is 0 Å². The van der Waals surface area contributed by atoms with E-state index in [-0.39, 0.29) is 6.10 Å². The van der Waals surface area contributed by atoms with Crippen LogP contribution in [0.2, 0.25) is 0 Å². The molecule has 0 amide bonds. The normalized spacial score (nSPS) is 12.9. The van der Waals surface area contributed by atoms with Crippen molar-refractivity contribution in [3.05, 3.63) is 48.0 Å². The molecule has 0 bridgehead atoms. The van der Waals surface area contributed by atoms with Crippen LogP contribution < -0.4 is 0 Å². The molecule has 1 atom stereocenters. The summed E-state index contributed by atoms with van der Waals surface area (Å²) in [6.07, 6.45) is 1.65. The Morgan fingerprint density at radius 2 is 1.87 bits per heavy atom. The monoisotopic (exact) mass is 218 g/mol. The van der Waals surface area contributed by atoms with Crippen LogP contribution in [0.5, 0.6) is 0 Å². The number of hydrogen-bond acceptors (Lipinski definition) is 2. The lowest BCUT2D eigenvalue weighted by Gasteiger charge is -2.10. The van der Waals surface area contributed by atoms with Crippen LogP contribution in [0.25, 0.3) is 10.8 Å². The quantitative estimate of drug-likeness (QED) is 0.853. The van der Waals surface area contributed by atoms with E-state index in [9.17, 15) is 5.11 Å². The molecule has 0 radical (unpaired) electrons. The van der Waals surface area contributed by atoms with Crippen molar-refractivity contribution in [3.63, 3.8) is 0 Å². The van der Waals surface area contributed by atoms with E-state index in [4.69, 9.17) is 0 Å². The lowest BCUT2D eigenvalue weighted by atomic mass is 10.0. The zero-order chi connectivity index (χ0) is 10.7. The van der Waals surface area contributed by atoms with Crippen molar-refractivity contribution < 1.29 is 5.11 Å². The fraction of sp³-hybridized carbons (Fsp3) is 0.231. The lowest BCUT2D eigenvalue weighted by Crippen LogP contribution is -1.99. The molecule has 78 valence electrons. The molecule has 0 heterocycles. The average molecular weight is 218 g/mol. The number of benzene rings is 2. The van der Waals surface area contributed by atoms with Gasteiger partial charge in [0, 0.05) is 5.75 Å². The topological polar surface area (TPSA) is 20.2 Å². The van der Waals surface area contributed by atoms with Gasteiger partial charge in [0.15, 0.2) is 0 Å². The minimum absolute atomic E-state index is 0.357. The maximum Gasteiger partial charge on any atom is 0.0880 e. The van der Waals surface area contributed by atoms with Crippen LogP contribution in [0.3, 0.4) is 0 Å². The van der Waals surface area contributed by atoms with E-state index in [0.29, 0.717) is 0 Å². The molecule has 1 unspecified atom stereocenters. The van der Waals surface area contributed by atoms with Crippen molar-refractivity contribution in [2.75, 3.05) is 12.0 Å². The van der Waals surface area contributed by atoms with Crippen molar-refractivity contribution in [2.45, 2.75) is 6.10 Å². The van der Waals surface area contributed by atoms with Gasteiger partial charge in [-0.3, -0.25) is 0 Å². The van der Waals surface area contributed by atoms with Crippen LogP contribution in [-0.2, 0) is 0 Å². The second kappa shape index (κ2) is 4.69. The molecule has 0 saturated heterocycles. The minimum Gasteiger partial charge on any atom is -0.388 e. The number of hydrogen-bond donors (Lipinski definition) is 1. The first-order chi connectivity index (χ1) is 7.31. The fourth-order valence-corrected chi connectivity index (χ4v) is 2.18. The van der Waals surface area contributed by atoms with E-state index >= 15 is 0 Å². The van der Waals surface area contributed by atoms with Gasteiger partial charge in [0.1, 0.15) is 0 Å². The van der Waals surface area contributed by atoms with Crippen LogP contribution in [0.15, 0.2) is 42.5 Å². The average Bonchev–Trinajstić information content (AvgIpc) is 2.29. The Morgan fingerprint density at radius 3 is 2.60 bits per heavy atom. The highest BCUT2D eigenvalue weighted by molar-refractivity contribution is 7.98. The molecule has 2 heteroatoms. The molecular weight excluding hydrogens is 204 g/mol. The molecule has 1 N–H and O–H groups in total. The highest BCUT2D eigenvalue weighted by Gasteiger charge is 2.06. The van der Waals surface area contributed by atoms with Crippen LogP contribution in [0.4, 0.5) is 0 Å². The maximum absolute atomic E-state index is 9.86. The standard InChI is InChI=1S/C13H14OS/c1-15-9-13(14)12-7-6-10-4-2-3-5-11(10)8-12/h2-8,13-14H,9H2,1H3. The van der Waals surface area contributed by atoms with Gasteiger partial charge in [-0.1, -0.05) is 36.4 Å². The molecule has 1 nitrogen and oxygen atoms in total. The van der Waals surface area contributed by atoms with E-state index < -0.39 is 0 Å². The molecule has 0 aliphatic rings. The Morgan fingerprint density at radius 1 is 1.13 bits per heavy atom. The van der Waals surface area contributed by atoms with Crippen molar-refractivity contribution in [1.29, 1.82) is 0 Å². The first-order valence-corrected chi connectivity index (χ1v) is 6.36.